The van der Waals surface area contributed by atoms with Crippen molar-refractivity contribution in [3.05, 3.63) is 67.1 Å². The molecule has 0 atom stereocenters. The summed E-state index contributed by atoms with van der Waals surface area (Å²) >= 11 is 0.956. The number of nitrogens with zero attached hydrogens (tertiary/aromatic N) is 2. The average molecular weight is 333 g/mol. The van der Waals surface area contributed by atoms with Crippen LogP contribution in [0.4, 0.5) is 16.4 Å². The fourth-order valence-corrected chi connectivity index (χ4v) is 2.53. The molecular weight excluding hydrogens is 322 g/mol. The molecule has 2 rings (SSSR count). The summed E-state index contributed by atoms with van der Waals surface area (Å²) in [6, 6.07) is 7.16. The van der Waals surface area contributed by atoms with Crippen molar-refractivity contribution in [2.24, 2.45) is 0 Å². The van der Waals surface area contributed by atoms with Crippen molar-refractivity contribution in [2.75, 3.05) is 5.32 Å². The minimum atomic E-state index is -0.498. The Bertz CT molecular complexity index is 812. The van der Waals surface area contributed by atoms with Gasteiger partial charge < -0.3 is 5.32 Å². The van der Waals surface area contributed by atoms with E-state index < -0.39 is 15.8 Å². The molecule has 1 heterocycles. The fourth-order valence-electron chi connectivity index (χ4n) is 1.81. The molecule has 1 aromatic heterocycles. The molecule has 118 valence electrons. The molecule has 8 nitrogen and oxygen atoms in total. The maximum Gasteiger partial charge on any atom is 0.324 e. The SMILES string of the molecule is Cc1cc(NC(=O)/C=C/c2ccc([N+](=O)[O-])s2)ccc1[N+](=O)[O-]. The van der Waals surface area contributed by atoms with Crippen molar-refractivity contribution in [1.82, 2.24) is 0 Å². The first kappa shape index (κ1) is 16.3. The van der Waals surface area contributed by atoms with Crippen LogP contribution in [0.25, 0.3) is 6.08 Å². The summed E-state index contributed by atoms with van der Waals surface area (Å²) in [4.78, 5) is 32.7. The number of rotatable bonds is 5. The van der Waals surface area contributed by atoms with Crippen LogP contribution in [0.5, 0.6) is 0 Å². The Morgan fingerprint density at radius 1 is 1.17 bits per heavy atom. The molecule has 1 aromatic carbocycles. The Morgan fingerprint density at radius 3 is 2.48 bits per heavy atom. The number of nitro benzene ring substituents is 1. The minimum absolute atomic E-state index is 0.00366. The van der Waals surface area contributed by atoms with Crippen LogP contribution in [0, 0.1) is 27.2 Å². The molecule has 0 aliphatic heterocycles. The van der Waals surface area contributed by atoms with Crippen molar-refractivity contribution in [3.63, 3.8) is 0 Å². The Balaban J connectivity index is 2.04. The van der Waals surface area contributed by atoms with Gasteiger partial charge in [-0.2, -0.15) is 0 Å². The van der Waals surface area contributed by atoms with Crippen LogP contribution in [-0.4, -0.2) is 15.8 Å². The van der Waals surface area contributed by atoms with E-state index in [1.807, 2.05) is 0 Å². The lowest BCUT2D eigenvalue weighted by molar-refractivity contribution is -0.385. The second kappa shape index (κ2) is 6.79. The summed E-state index contributed by atoms with van der Waals surface area (Å²) in [5.74, 6) is -0.436. The Kier molecular flexibility index (Phi) is 4.82. The summed E-state index contributed by atoms with van der Waals surface area (Å²) in [5.41, 5.74) is 0.843. The molecule has 0 aliphatic rings. The largest absolute Gasteiger partial charge is 0.324 e. The maximum atomic E-state index is 11.8. The van der Waals surface area contributed by atoms with E-state index in [1.165, 1.54) is 36.4 Å². The van der Waals surface area contributed by atoms with Gasteiger partial charge in [0.2, 0.25) is 5.91 Å². The number of hydrogen-bond donors (Lipinski definition) is 1. The first-order valence-corrected chi connectivity index (χ1v) is 7.17. The van der Waals surface area contributed by atoms with Crippen LogP contribution in [0.15, 0.2) is 36.4 Å². The van der Waals surface area contributed by atoms with Gasteiger partial charge in [-0.1, -0.05) is 11.3 Å². The second-order valence-corrected chi connectivity index (χ2v) is 5.61. The van der Waals surface area contributed by atoms with Crippen LogP contribution in [0.1, 0.15) is 10.4 Å². The highest BCUT2D eigenvalue weighted by Crippen LogP contribution is 2.25. The van der Waals surface area contributed by atoms with Crippen LogP contribution in [0.3, 0.4) is 0 Å². The smallest absolute Gasteiger partial charge is 0.322 e. The number of benzene rings is 1. The summed E-state index contributed by atoms with van der Waals surface area (Å²) in [7, 11) is 0. The number of hydrogen-bond acceptors (Lipinski definition) is 6. The first-order chi connectivity index (χ1) is 10.9. The molecule has 0 bridgehead atoms. The number of nitrogens with one attached hydrogen (secondary N) is 1. The summed E-state index contributed by atoms with van der Waals surface area (Å²) in [6.07, 6.45) is 2.71. The van der Waals surface area contributed by atoms with Gasteiger partial charge in [-0.15, -0.1) is 0 Å². The second-order valence-electron chi connectivity index (χ2n) is 4.51. The molecule has 0 spiro atoms. The van der Waals surface area contributed by atoms with Crippen LogP contribution in [-0.2, 0) is 4.79 Å². The van der Waals surface area contributed by atoms with Crippen molar-refractivity contribution in [1.29, 1.82) is 0 Å². The third-order valence-electron chi connectivity index (χ3n) is 2.85. The molecule has 0 radical (unpaired) electrons. The molecule has 0 unspecified atom stereocenters. The van der Waals surface area contributed by atoms with Crippen molar-refractivity contribution in [3.8, 4) is 0 Å². The molecule has 2 aromatic rings. The quantitative estimate of drug-likeness (QED) is 0.510. The van der Waals surface area contributed by atoms with E-state index in [9.17, 15) is 25.0 Å². The monoisotopic (exact) mass is 333 g/mol. The van der Waals surface area contributed by atoms with E-state index in [4.69, 9.17) is 0 Å². The topological polar surface area (TPSA) is 115 Å². The zero-order chi connectivity index (χ0) is 17.0. The van der Waals surface area contributed by atoms with E-state index >= 15 is 0 Å². The zero-order valence-corrected chi connectivity index (χ0v) is 12.7. The van der Waals surface area contributed by atoms with Crippen molar-refractivity contribution < 1.29 is 14.6 Å². The Labute approximate surface area is 134 Å². The van der Waals surface area contributed by atoms with Gasteiger partial charge >= 0.3 is 5.00 Å². The molecule has 0 fully saturated rings. The highest BCUT2D eigenvalue weighted by atomic mass is 32.1. The zero-order valence-electron chi connectivity index (χ0n) is 11.9. The molecular formula is C14H11N3O5S. The minimum Gasteiger partial charge on any atom is -0.322 e. The normalized spacial score (nSPS) is 10.7. The van der Waals surface area contributed by atoms with Gasteiger partial charge in [-0.05, 0) is 31.2 Å². The number of anilines is 1. The molecule has 0 aliphatic carbocycles. The molecule has 23 heavy (non-hydrogen) atoms. The third kappa shape index (κ3) is 4.20. The van der Waals surface area contributed by atoms with E-state index in [-0.39, 0.29) is 10.7 Å². The van der Waals surface area contributed by atoms with E-state index in [2.05, 4.69) is 5.32 Å². The van der Waals surface area contributed by atoms with Crippen LogP contribution >= 0.6 is 11.3 Å². The molecule has 1 N–H and O–H groups in total. The lowest BCUT2D eigenvalue weighted by atomic mass is 10.2. The first-order valence-electron chi connectivity index (χ1n) is 6.35. The summed E-state index contributed by atoms with van der Waals surface area (Å²) < 4.78 is 0. The predicted octanol–water partition coefficient (Wildman–Crippen LogP) is 3.52. The number of carbonyl (C=O) groups is 1. The number of thiophene rings is 1. The highest BCUT2D eigenvalue weighted by Gasteiger charge is 2.11. The number of amides is 1. The van der Waals surface area contributed by atoms with Gasteiger partial charge in [-0.3, -0.25) is 25.0 Å². The van der Waals surface area contributed by atoms with Crippen molar-refractivity contribution in [2.45, 2.75) is 6.92 Å². The predicted molar refractivity (Wildman–Crippen MR) is 86.5 cm³/mol. The molecule has 0 saturated carbocycles. The Hall–Kier alpha value is -3.07. The summed E-state index contributed by atoms with van der Waals surface area (Å²) in [6.45, 7) is 1.58. The van der Waals surface area contributed by atoms with E-state index in [0.717, 1.165) is 11.3 Å². The number of nitro groups is 2. The maximum absolute atomic E-state index is 11.8. The third-order valence-corrected chi connectivity index (χ3v) is 3.85. The molecule has 0 saturated heterocycles. The number of aryl methyl sites for hydroxylation is 1. The summed E-state index contributed by atoms with van der Waals surface area (Å²) in [5, 5.41) is 23.9. The van der Waals surface area contributed by atoms with Gasteiger partial charge in [0.15, 0.2) is 0 Å². The van der Waals surface area contributed by atoms with E-state index in [1.54, 1.807) is 13.0 Å². The van der Waals surface area contributed by atoms with E-state index in [0.29, 0.717) is 16.1 Å². The van der Waals surface area contributed by atoms with Gasteiger partial charge in [-0.25, -0.2) is 0 Å². The van der Waals surface area contributed by atoms with Gasteiger partial charge in [0.1, 0.15) is 0 Å². The van der Waals surface area contributed by atoms with Crippen LogP contribution < -0.4 is 5.32 Å². The highest BCUT2D eigenvalue weighted by molar-refractivity contribution is 7.16. The average Bonchev–Trinajstić information content (AvgIpc) is 2.94. The van der Waals surface area contributed by atoms with Crippen molar-refractivity contribution >= 4 is 39.7 Å². The molecule has 9 heteroatoms. The lowest BCUT2D eigenvalue weighted by Gasteiger charge is -2.03. The standard InChI is InChI=1S/C14H11N3O5S/c1-9-8-10(2-5-12(9)16(19)20)15-13(18)6-3-11-4-7-14(23-11)17(21)22/h2-8H,1H3,(H,15,18)/b6-3+. The van der Waals surface area contributed by atoms with Gasteiger partial charge in [0, 0.05) is 34.3 Å². The number of carbonyl (C=O) groups excluding carboxylic acids is 1. The molecule has 1 amide bonds. The van der Waals surface area contributed by atoms with Gasteiger partial charge in [0.25, 0.3) is 5.69 Å². The van der Waals surface area contributed by atoms with Crippen LogP contribution in [0.2, 0.25) is 0 Å². The lowest BCUT2D eigenvalue weighted by Crippen LogP contribution is -2.08. The Morgan fingerprint density at radius 2 is 1.91 bits per heavy atom. The van der Waals surface area contributed by atoms with Gasteiger partial charge in [0.05, 0.1) is 9.85 Å². The fraction of sp³-hybridized carbons (Fsp3) is 0.0714.